The topological polar surface area (TPSA) is 37.3 Å². The maximum atomic E-state index is 11.5. The van der Waals surface area contributed by atoms with E-state index >= 15 is 0 Å². The van der Waals surface area contributed by atoms with Crippen molar-refractivity contribution in [2.75, 3.05) is 0 Å². The predicted octanol–water partition coefficient (Wildman–Crippen LogP) is 4.13. The summed E-state index contributed by atoms with van der Waals surface area (Å²) >= 11 is 0. The third-order valence-corrected chi connectivity index (χ3v) is 8.32. The minimum Gasteiger partial charge on any atom is -0.393 e. The summed E-state index contributed by atoms with van der Waals surface area (Å²) in [5.41, 5.74) is 2.13. The molecule has 7 atom stereocenters. The van der Waals surface area contributed by atoms with Crippen molar-refractivity contribution in [1.29, 1.82) is 0 Å². The summed E-state index contributed by atoms with van der Waals surface area (Å²) in [5.74, 6) is 2.59. The van der Waals surface area contributed by atoms with Crippen LogP contribution in [0.4, 0.5) is 0 Å². The number of rotatable bonds is 1. The van der Waals surface area contributed by atoms with Gasteiger partial charge in [0.25, 0.3) is 0 Å². The van der Waals surface area contributed by atoms with Crippen LogP contribution in [0.3, 0.4) is 0 Å². The molecule has 122 valence electrons. The predicted molar refractivity (Wildman–Crippen MR) is 87.3 cm³/mol. The van der Waals surface area contributed by atoms with Crippen LogP contribution in [0, 0.1) is 34.5 Å². The van der Waals surface area contributed by atoms with Gasteiger partial charge in [-0.3, -0.25) is 0 Å². The molecule has 2 nitrogen and oxygen atoms in total. The van der Waals surface area contributed by atoms with Crippen LogP contribution in [-0.2, 0) is 4.79 Å². The van der Waals surface area contributed by atoms with Crippen molar-refractivity contribution in [3.63, 3.8) is 0 Å². The van der Waals surface area contributed by atoms with Gasteiger partial charge in [-0.1, -0.05) is 25.5 Å². The molecular formula is C20H30O2. The van der Waals surface area contributed by atoms with Crippen LogP contribution in [0.2, 0.25) is 0 Å². The number of allylic oxidation sites excluding steroid dienone is 1. The molecular weight excluding hydrogens is 272 g/mol. The minimum atomic E-state index is -0.115. The molecule has 0 spiro atoms. The number of hydrogen-bond acceptors (Lipinski definition) is 2. The van der Waals surface area contributed by atoms with Crippen molar-refractivity contribution in [2.24, 2.45) is 34.5 Å². The molecule has 4 rings (SSSR count). The standard InChI is InChI=1S/C20H30O2/c1-19-9-7-15(22)11-13(19)3-5-16-17-6-4-14(12-21)20(17,2)10-8-18(16)19/h3,12,14-18,22H,4-11H2,1-2H3. The first-order valence-electron chi connectivity index (χ1n) is 9.32. The van der Waals surface area contributed by atoms with Gasteiger partial charge in [-0.2, -0.15) is 0 Å². The van der Waals surface area contributed by atoms with Gasteiger partial charge < -0.3 is 9.90 Å². The van der Waals surface area contributed by atoms with E-state index in [0.29, 0.717) is 11.3 Å². The summed E-state index contributed by atoms with van der Waals surface area (Å²) in [7, 11) is 0. The minimum absolute atomic E-state index is 0.115. The molecule has 7 unspecified atom stereocenters. The Labute approximate surface area is 134 Å². The number of aldehydes is 1. The zero-order chi connectivity index (χ0) is 15.5. The number of hydrogen-bond donors (Lipinski definition) is 1. The van der Waals surface area contributed by atoms with Crippen LogP contribution in [0.15, 0.2) is 11.6 Å². The van der Waals surface area contributed by atoms with Gasteiger partial charge in [-0.15, -0.1) is 0 Å². The Balaban J connectivity index is 1.67. The first-order chi connectivity index (χ1) is 10.5. The molecule has 0 aromatic heterocycles. The molecule has 4 aliphatic carbocycles. The first kappa shape index (κ1) is 14.9. The van der Waals surface area contributed by atoms with E-state index in [-0.39, 0.29) is 11.5 Å². The molecule has 0 radical (unpaired) electrons. The highest BCUT2D eigenvalue weighted by Gasteiger charge is 2.58. The van der Waals surface area contributed by atoms with Gasteiger partial charge in [0.2, 0.25) is 0 Å². The third kappa shape index (κ3) is 1.85. The van der Waals surface area contributed by atoms with Crippen LogP contribution in [0.1, 0.15) is 65.2 Å². The lowest BCUT2D eigenvalue weighted by atomic mass is 9.47. The second kappa shape index (κ2) is 4.93. The smallest absolute Gasteiger partial charge is 0.123 e. The molecule has 3 fully saturated rings. The van der Waals surface area contributed by atoms with E-state index in [0.717, 1.165) is 43.4 Å². The molecule has 3 saturated carbocycles. The zero-order valence-electron chi connectivity index (χ0n) is 14.1. The van der Waals surface area contributed by atoms with Crippen molar-refractivity contribution in [1.82, 2.24) is 0 Å². The SMILES string of the molecule is CC12CCC(O)CC1=CCC1C2CCC2(C)C(C=O)CCC12. The van der Waals surface area contributed by atoms with Crippen molar-refractivity contribution in [3.05, 3.63) is 11.6 Å². The van der Waals surface area contributed by atoms with E-state index in [1.807, 2.05) is 0 Å². The summed E-state index contributed by atoms with van der Waals surface area (Å²) in [6.45, 7) is 4.86. The summed E-state index contributed by atoms with van der Waals surface area (Å²) in [6, 6.07) is 0. The average molecular weight is 302 g/mol. The fourth-order valence-corrected chi connectivity index (χ4v) is 6.91. The van der Waals surface area contributed by atoms with Crippen molar-refractivity contribution in [3.8, 4) is 0 Å². The summed E-state index contributed by atoms with van der Waals surface area (Å²) in [5, 5.41) is 10.0. The van der Waals surface area contributed by atoms with E-state index < -0.39 is 0 Å². The molecule has 0 aromatic carbocycles. The summed E-state index contributed by atoms with van der Waals surface area (Å²) in [6.07, 6.45) is 12.7. The summed E-state index contributed by atoms with van der Waals surface area (Å²) in [4.78, 5) is 11.5. The highest BCUT2D eigenvalue weighted by atomic mass is 16.3. The Hall–Kier alpha value is -0.630. The number of aliphatic hydroxyl groups excluding tert-OH is 1. The molecule has 0 amide bonds. The quantitative estimate of drug-likeness (QED) is 0.584. The zero-order valence-corrected chi connectivity index (χ0v) is 14.1. The van der Waals surface area contributed by atoms with Gasteiger partial charge in [0.05, 0.1) is 6.10 Å². The van der Waals surface area contributed by atoms with Gasteiger partial charge in [0.15, 0.2) is 0 Å². The van der Waals surface area contributed by atoms with Gasteiger partial charge in [-0.25, -0.2) is 0 Å². The fourth-order valence-electron chi connectivity index (χ4n) is 6.91. The monoisotopic (exact) mass is 302 g/mol. The van der Waals surface area contributed by atoms with Gasteiger partial charge >= 0.3 is 0 Å². The van der Waals surface area contributed by atoms with E-state index in [1.165, 1.54) is 32.0 Å². The summed E-state index contributed by atoms with van der Waals surface area (Å²) < 4.78 is 0. The Morgan fingerprint density at radius 1 is 1.14 bits per heavy atom. The number of aliphatic hydroxyl groups is 1. The largest absolute Gasteiger partial charge is 0.393 e. The van der Waals surface area contributed by atoms with E-state index in [9.17, 15) is 9.90 Å². The lowest BCUT2D eigenvalue weighted by Crippen LogP contribution is -2.50. The molecule has 22 heavy (non-hydrogen) atoms. The number of carbonyl (C=O) groups is 1. The lowest BCUT2D eigenvalue weighted by molar-refractivity contribution is -0.117. The van der Waals surface area contributed by atoms with E-state index in [4.69, 9.17) is 0 Å². The second-order valence-corrected chi connectivity index (χ2v) is 9.02. The lowest BCUT2D eigenvalue weighted by Gasteiger charge is -2.57. The fraction of sp³-hybridized carbons (Fsp3) is 0.850. The molecule has 0 saturated heterocycles. The highest BCUT2D eigenvalue weighted by molar-refractivity contribution is 5.56. The van der Waals surface area contributed by atoms with Gasteiger partial charge in [0, 0.05) is 5.92 Å². The van der Waals surface area contributed by atoms with Crippen LogP contribution in [-0.4, -0.2) is 17.5 Å². The molecule has 0 bridgehead atoms. The number of fused-ring (bicyclic) bond motifs is 5. The third-order valence-electron chi connectivity index (χ3n) is 8.32. The Kier molecular flexibility index (Phi) is 3.35. The van der Waals surface area contributed by atoms with Gasteiger partial charge in [-0.05, 0) is 80.0 Å². The molecule has 0 aromatic rings. The Morgan fingerprint density at radius 3 is 2.73 bits per heavy atom. The molecule has 0 aliphatic heterocycles. The number of carbonyl (C=O) groups excluding carboxylic acids is 1. The molecule has 4 aliphatic rings. The maximum absolute atomic E-state index is 11.5. The van der Waals surface area contributed by atoms with Crippen LogP contribution in [0.5, 0.6) is 0 Å². The van der Waals surface area contributed by atoms with Crippen LogP contribution < -0.4 is 0 Å². The van der Waals surface area contributed by atoms with Gasteiger partial charge in [0.1, 0.15) is 6.29 Å². The van der Waals surface area contributed by atoms with Crippen molar-refractivity contribution in [2.45, 2.75) is 71.3 Å². The maximum Gasteiger partial charge on any atom is 0.123 e. The Bertz CT molecular complexity index is 510. The highest BCUT2D eigenvalue weighted by Crippen LogP contribution is 2.65. The first-order valence-corrected chi connectivity index (χ1v) is 9.32. The average Bonchev–Trinajstić information content (AvgIpc) is 2.84. The Morgan fingerprint density at radius 2 is 1.95 bits per heavy atom. The molecule has 2 heteroatoms. The van der Waals surface area contributed by atoms with E-state index in [2.05, 4.69) is 19.9 Å². The molecule has 1 N–H and O–H groups in total. The second-order valence-electron chi connectivity index (χ2n) is 9.02. The van der Waals surface area contributed by atoms with E-state index in [1.54, 1.807) is 5.57 Å². The molecule has 0 heterocycles. The van der Waals surface area contributed by atoms with Crippen LogP contribution >= 0.6 is 0 Å². The van der Waals surface area contributed by atoms with Crippen molar-refractivity contribution < 1.29 is 9.90 Å². The van der Waals surface area contributed by atoms with Crippen LogP contribution in [0.25, 0.3) is 0 Å². The van der Waals surface area contributed by atoms with Crippen molar-refractivity contribution >= 4 is 6.29 Å². The normalized spacial score (nSPS) is 54.0.